The maximum Gasteiger partial charge on any atom is 0.161 e. The Morgan fingerprint density at radius 1 is 0.939 bits per heavy atom. The van der Waals surface area contributed by atoms with Crippen LogP contribution >= 0.6 is 23.2 Å². The van der Waals surface area contributed by atoms with Crippen molar-refractivity contribution >= 4 is 34.2 Å². The first-order valence-electron chi connectivity index (χ1n) is 10.4. The van der Waals surface area contributed by atoms with Crippen LogP contribution in [0.1, 0.15) is 11.4 Å². The fourth-order valence-electron chi connectivity index (χ4n) is 3.68. The molecule has 1 aromatic heterocycles. The van der Waals surface area contributed by atoms with Gasteiger partial charge in [-0.05, 0) is 48.0 Å². The Labute approximate surface area is 202 Å². The molecule has 8 heteroatoms. The number of methoxy groups -OCH3 is 2. The Kier molecular flexibility index (Phi) is 7.28. The van der Waals surface area contributed by atoms with Crippen molar-refractivity contribution in [2.75, 3.05) is 20.8 Å². The smallest absolute Gasteiger partial charge is 0.161 e. The highest BCUT2D eigenvalue weighted by Crippen LogP contribution is 2.30. The van der Waals surface area contributed by atoms with Gasteiger partial charge in [0.15, 0.2) is 11.5 Å². The van der Waals surface area contributed by atoms with Crippen molar-refractivity contribution in [1.82, 2.24) is 9.55 Å². The lowest BCUT2D eigenvalue weighted by atomic mass is 10.1. The molecule has 1 N–H and O–H groups in total. The first-order valence-corrected chi connectivity index (χ1v) is 11.1. The van der Waals surface area contributed by atoms with Crippen LogP contribution in [0.4, 0.5) is 0 Å². The second kappa shape index (κ2) is 10.3. The lowest BCUT2D eigenvalue weighted by molar-refractivity contribution is 0.0928. The van der Waals surface area contributed by atoms with Gasteiger partial charge in [0.25, 0.3) is 0 Å². The van der Waals surface area contributed by atoms with E-state index in [-0.39, 0.29) is 6.61 Å². The fraction of sp³-hybridized carbons (Fsp3) is 0.240. The summed E-state index contributed by atoms with van der Waals surface area (Å²) in [5.41, 5.74) is 2.82. The topological polar surface area (TPSA) is 65.7 Å². The van der Waals surface area contributed by atoms with Gasteiger partial charge in [-0.1, -0.05) is 41.4 Å². The highest BCUT2D eigenvalue weighted by molar-refractivity contribution is 6.35. The minimum Gasteiger partial charge on any atom is -0.493 e. The second-order valence-electron chi connectivity index (χ2n) is 7.53. The predicted molar refractivity (Wildman–Crippen MR) is 130 cm³/mol. The van der Waals surface area contributed by atoms with Gasteiger partial charge in [0.2, 0.25) is 0 Å². The molecule has 0 aliphatic heterocycles. The number of hydrogen-bond acceptors (Lipinski definition) is 5. The molecule has 6 nitrogen and oxygen atoms in total. The van der Waals surface area contributed by atoms with E-state index in [9.17, 15) is 5.11 Å². The van der Waals surface area contributed by atoms with Gasteiger partial charge in [0.1, 0.15) is 24.3 Å². The number of benzene rings is 3. The highest BCUT2D eigenvalue weighted by Gasteiger charge is 2.16. The van der Waals surface area contributed by atoms with Gasteiger partial charge in [-0.25, -0.2) is 4.98 Å². The third kappa shape index (κ3) is 5.36. The molecule has 3 aromatic carbocycles. The normalized spacial score (nSPS) is 12.0. The summed E-state index contributed by atoms with van der Waals surface area (Å²) in [6.07, 6.45) is -0.218. The molecule has 0 fully saturated rings. The average molecular weight is 487 g/mol. The zero-order chi connectivity index (χ0) is 23.4. The molecule has 1 heterocycles. The van der Waals surface area contributed by atoms with E-state index in [1.807, 2.05) is 47.0 Å². The van der Waals surface area contributed by atoms with Crippen LogP contribution in [-0.4, -0.2) is 41.6 Å². The van der Waals surface area contributed by atoms with Crippen molar-refractivity contribution < 1.29 is 19.3 Å². The first-order chi connectivity index (χ1) is 16.0. The molecule has 4 rings (SSSR count). The van der Waals surface area contributed by atoms with E-state index >= 15 is 0 Å². The summed E-state index contributed by atoms with van der Waals surface area (Å²) in [5.74, 6) is 2.63. The highest BCUT2D eigenvalue weighted by atomic mass is 35.5. The van der Waals surface area contributed by atoms with E-state index in [2.05, 4.69) is 0 Å². The molecule has 172 valence electrons. The number of ether oxygens (including phenoxy) is 3. The summed E-state index contributed by atoms with van der Waals surface area (Å²) in [6, 6.07) is 18.6. The van der Waals surface area contributed by atoms with Gasteiger partial charge in [0, 0.05) is 11.4 Å². The van der Waals surface area contributed by atoms with Crippen LogP contribution in [-0.2, 0) is 13.0 Å². The van der Waals surface area contributed by atoms with Crippen molar-refractivity contribution in [3.05, 3.63) is 82.1 Å². The van der Waals surface area contributed by atoms with Crippen LogP contribution in [0.2, 0.25) is 10.0 Å². The third-order valence-corrected chi connectivity index (χ3v) is 5.79. The SMILES string of the molecule is COc1ccc(Cc2nc3ccccc3n2CC(O)COc2ccc(Cl)cc2Cl)cc1OC. The Morgan fingerprint density at radius 2 is 1.70 bits per heavy atom. The number of para-hydroxylation sites is 2. The number of fused-ring (bicyclic) bond motifs is 1. The molecule has 0 saturated carbocycles. The van der Waals surface area contributed by atoms with Crippen LogP contribution in [0.5, 0.6) is 17.2 Å². The van der Waals surface area contributed by atoms with Crippen molar-refractivity contribution in [1.29, 1.82) is 0 Å². The largest absolute Gasteiger partial charge is 0.493 e. The summed E-state index contributed by atoms with van der Waals surface area (Å²) >= 11 is 12.1. The Bertz CT molecular complexity index is 1260. The van der Waals surface area contributed by atoms with Gasteiger partial charge in [-0.3, -0.25) is 0 Å². The summed E-state index contributed by atoms with van der Waals surface area (Å²) in [5, 5.41) is 11.7. The molecule has 0 radical (unpaired) electrons. The molecule has 0 saturated heterocycles. The molecule has 0 bridgehead atoms. The number of imidazole rings is 1. The van der Waals surface area contributed by atoms with E-state index in [0.717, 1.165) is 22.4 Å². The number of halogens is 2. The minimum absolute atomic E-state index is 0.0731. The van der Waals surface area contributed by atoms with Gasteiger partial charge in [-0.15, -0.1) is 0 Å². The van der Waals surface area contributed by atoms with Gasteiger partial charge in [-0.2, -0.15) is 0 Å². The summed E-state index contributed by atoms with van der Waals surface area (Å²) in [4.78, 5) is 4.80. The molecule has 0 amide bonds. The van der Waals surface area contributed by atoms with E-state index in [1.165, 1.54) is 0 Å². The molecule has 1 unspecified atom stereocenters. The van der Waals surface area contributed by atoms with Crippen LogP contribution in [0.3, 0.4) is 0 Å². The Hall–Kier alpha value is -2.93. The Balaban J connectivity index is 1.56. The zero-order valence-electron chi connectivity index (χ0n) is 18.3. The lowest BCUT2D eigenvalue weighted by Crippen LogP contribution is -2.24. The van der Waals surface area contributed by atoms with Crippen molar-refractivity contribution in [2.24, 2.45) is 0 Å². The number of aliphatic hydroxyl groups is 1. The van der Waals surface area contributed by atoms with Gasteiger partial charge >= 0.3 is 0 Å². The zero-order valence-corrected chi connectivity index (χ0v) is 19.8. The first kappa shape index (κ1) is 23.2. The van der Waals surface area contributed by atoms with Crippen LogP contribution in [0.15, 0.2) is 60.7 Å². The molecule has 33 heavy (non-hydrogen) atoms. The van der Waals surface area contributed by atoms with Crippen molar-refractivity contribution in [3.63, 3.8) is 0 Å². The molecule has 0 aliphatic carbocycles. The number of rotatable bonds is 9. The summed E-state index contributed by atoms with van der Waals surface area (Å²) < 4.78 is 18.5. The average Bonchev–Trinajstić information content (AvgIpc) is 3.15. The predicted octanol–water partition coefficient (Wildman–Crippen LogP) is 5.39. The molecular formula is C25H24Cl2N2O4. The number of aromatic nitrogens is 2. The molecule has 0 spiro atoms. The Morgan fingerprint density at radius 3 is 2.45 bits per heavy atom. The number of nitrogens with zero attached hydrogens (tertiary/aromatic N) is 2. The van der Waals surface area contributed by atoms with E-state index < -0.39 is 6.10 Å². The summed E-state index contributed by atoms with van der Waals surface area (Å²) in [6.45, 7) is 0.387. The van der Waals surface area contributed by atoms with E-state index in [1.54, 1.807) is 32.4 Å². The third-order valence-electron chi connectivity index (χ3n) is 5.26. The van der Waals surface area contributed by atoms with Crippen molar-refractivity contribution in [2.45, 2.75) is 19.1 Å². The van der Waals surface area contributed by atoms with Crippen LogP contribution < -0.4 is 14.2 Å². The van der Waals surface area contributed by atoms with Gasteiger partial charge in [0.05, 0.1) is 36.8 Å². The quantitative estimate of drug-likeness (QED) is 0.343. The van der Waals surface area contributed by atoms with Crippen LogP contribution in [0, 0.1) is 0 Å². The number of aliphatic hydroxyl groups excluding tert-OH is 1. The molecule has 0 aliphatic rings. The summed E-state index contributed by atoms with van der Waals surface area (Å²) in [7, 11) is 3.22. The second-order valence-corrected chi connectivity index (χ2v) is 8.38. The monoisotopic (exact) mass is 486 g/mol. The maximum absolute atomic E-state index is 10.7. The number of hydrogen-bond donors (Lipinski definition) is 1. The van der Waals surface area contributed by atoms with Crippen LogP contribution in [0.25, 0.3) is 11.0 Å². The minimum atomic E-state index is -0.779. The van der Waals surface area contributed by atoms with Gasteiger partial charge < -0.3 is 23.9 Å². The standard InChI is InChI=1S/C25H24Cl2N2O4/c1-31-23-9-7-16(11-24(23)32-2)12-25-28-20-5-3-4-6-21(20)29(25)14-18(30)15-33-22-10-8-17(26)13-19(22)27/h3-11,13,18,30H,12,14-15H2,1-2H3. The molecule has 1 atom stereocenters. The maximum atomic E-state index is 10.7. The molecular weight excluding hydrogens is 463 g/mol. The molecule has 4 aromatic rings. The van der Waals surface area contributed by atoms with E-state index in [4.69, 9.17) is 42.4 Å². The van der Waals surface area contributed by atoms with E-state index in [0.29, 0.717) is 40.3 Å². The fourth-order valence-corrected chi connectivity index (χ4v) is 4.14. The lowest BCUT2D eigenvalue weighted by Gasteiger charge is -2.16. The van der Waals surface area contributed by atoms with Crippen molar-refractivity contribution in [3.8, 4) is 17.2 Å².